The maximum atomic E-state index is 17.0. The number of aliphatic hydroxyl groups excluding tert-OH is 2. The molecule has 5 aliphatic rings. The van der Waals surface area contributed by atoms with E-state index in [0.29, 0.717) is 19.3 Å². The maximum Gasteiger partial charge on any atom is 0.211 e. The number of fused-ring (bicyclic) bond motifs is 7. The van der Waals surface area contributed by atoms with Gasteiger partial charge in [-0.05, 0) is 50.7 Å². The molecule has 3 saturated carbocycles. The number of carbonyl (C=O) groups is 2. The minimum absolute atomic E-state index is 0.0287. The molecule has 156 valence electrons. The first-order valence-electron chi connectivity index (χ1n) is 10.3. The van der Waals surface area contributed by atoms with Crippen LogP contribution in [0.25, 0.3) is 0 Å². The lowest BCUT2D eigenvalue weighted by Crippen LogP contribution is -2.69. The summed E-state index contributed by atoms with van der Waals surface area (Å²) >= 11 is 0. The highest BCUT2D eigenvalue weighted by Gasteiger charge is 2.78. The van der Waals surface area contributed by atoms with E-state index < -0.39 is 46.5 Å². The second-order valence-corrected chi connectivity index (χ2v) is 9.77. The standard InChI is InChI=1S/C22H26FNO5/c1-19-6-5-14(26)7-12(19)3-4-15-16-8-13-10-24-29-22(13,18(28)11-25)20(16,2)9-17(27)21(15,19)23/h5-7,10,13,15-17,25,27H,3-4,8-9,11H2,1-2H3/t13-,15-,16-,17-,19-,20-,21-,22-/m0/s1. The summed E-state index contributed by atoms with van der Waals surface area (Å²) in [4.78, 5) is 30.4. The normalized spacial score (nSPS) is 52.2. The van der Waals surface area contributed by atoms with Crippen LogP contribution in [0.5, 0.6) is 0 Å². The molecule has 0 radical (unpaired) electrons. The molecule has 29 heavy (non-hydrogen) atoms. The Bertz CT molecular complexity index is 898. The topological polar surface area (TPSA) is 96.2 Å². The van der Waals surface area contributed by atoms with Gasteiger partial charge in [0.15, 0.2) is 11.5 Å². The Balaban J connectivity index is 1.64. The van der Waals surface area contributed by atoms with Gasteiger partial charge in [-0.25, -0.2) is 4.39 Å². The molecule has 0 unspecified atom stereocenters. The Kier molecular flexibility index (Phi) is 3.72. The van der Waals surface area contributed by atoms with Gasteiger partial charge in [-0.1, -0.05) is 23.7 Å². The van der Waals surface area contributed by atoms with E-state index >= 15 is 4.39 Å². The van der Waals surface area contributed by atoms with Crippen molar-refractivity contribution >= 4 is 17.8 Å². The number of hydrogen-bond acceptors (Lipinski definition) is 6. The first-order valence-corrected chi connectivity index (χ1v) is 10.3. The molecule has 0 saturated heterocycles. The van der Waals surface area contributed by atoms with Crippen LogP contribution in [0.15, 0.2) is 29.0 Å². The monoisotopic (exact) mass is 403 g/mol. The number of allylic oxidation sites excluding steroid dienone is 4. The Labute approximate surface area is 168 Å². The second-order valence-electron chi connectivity index (χ2n) is 9.77. The van der Waals surface area contributed by atoms with Gasteiger partial charge in [0.1, 0.15) is 6.61 Å². The van der Waals surface area contributed by atoms with Crippen LogP contribution in [-0.2, 0) is 14.4 Å². The van der Waals surface area contributed by atoms with Crippen LogP contribution in [0, 0.1) is 28.6 Å². The van der Waals surface area contributed by atoms with Crippen molar-refractivity contribution in [1.29, 1.82) is 0 Å². The number of rotatable bonds is 2. The van der Waals surface area contributed by atoms with E-state index in [-0.39, 0.29) is 24.0 Å². The predicted octanol–water partition coefficient (Wildman–Crippen LogP) is 1.90. The van der Waals surface area contributed by atoms with Crippen LogP contribution in [0.1, 0.15) is 39.5 Å². The molecule has 0 bridgehead atoms. The lowest BCUT2D eigenvalue weighted by molar-refractivity contribution is -0.225. The smallest absolute Gasteiger partial charge is 0.211 e. The number of nitrogens with zero attached hydrogens (tertiary/aromatic N) is 1. The largest absolute Gasteiger partial charge is 0.390 e. The van der Waals surface area contributed by atoms with E-state index in [1.807, 2.05) is 6.92 Å². The molecule has 3 fully saturated rings. The van der Waals surface area contributed by atoms with Crippen molar-refractivity contribution in [1.82, 2.24) is 0 Å². The predicted molar refractivity (Wildman–Crippen MR) is 102 cm³/mol. The average molecular weight is 403 g/mol. The Hall–Kier alpha value is -1.86. The molecule has 5 rings (SSSR count). The lowest BCUT2D eigenvalue weighted by atomic mass is 9.44. The van der Waals surface area contributed by atoms with Gasteiger partial charge in [0.05, 0.1) is 12.3 Å². The summed E-state index contributed by atoms with van der Waals surface area (Å²) in [6.45, 7) is 2.96. The number of hydrogen-bond donors (Lipinski definition) is 2. The van der Waals surface area contributed by atoms with Crippen LogP contribution < -0.4 is 0 Å². The molecule has 0 aromatic rings. The van der Waals surface area contributed by atoms with Crippen molar-refractivity contribution in [2.45, 2.75) is 56.9 Å². The highest BCUT2D eigenvalue weighted by Crippen LogP contribution is 2.71. The van der Waals surface area contributed by atoms with E-state index in [0.717, 1.165) is 5.57 Å². The molecule has 4 aliphatic carbocycles. The summed E-state index contributed by atoms with van der Waals surface area (Å²) < 4.78 is 17.0. The SMILES string of the molecule is C[C@]12C=CC(=O)C=C1CC[C@H]1[C@@H]3C[C@H]4C=NO[C@@]4(C(=O)CO)[C@@]3(C)C[C@H](O)[C@@]12F. The van der Waals surface area contributed by atoms with Gasteiger partial charge in [-0.15, -0.1) is 0 Å². The van der Waals surface area contributed by atoms with Gasteiger partial charge in [0, 0.05) is 22.7 Å². The molecule has 6 nitrogen and oxygen atoms in total. The zero-order chi connectivity index (χ0) is 20.8. The van der Waals surface area contributed by atoms with E-state index in [9.17, 15) is 19.8 Å². The van der Waals surface area contributed by atoms with Crippen molar-refractivity contribution in [2.75, 3.05) is 6.61 Å². The maximum absolute atomic E-state index is 17.0. The van der Waals surface area contributed by atoms with Crippen LogP contribution >= 0.6 is 0 Å². The summed E-state index contributed by atoms with van der Waals surface area (Å²) in [5.41, 5.74) is -4.49. The van der Waals surface area contributed by atoms with E-state index in [4.69, 9.17) is 4.84 Å². The number of Topliss-reactive ketones (excluding diaryl/α,β-unsaturated/α-hetero) is 1. The number of carbonyl (C=O) groups excluding carboxylic acids is 2. The third kappa shape index (κ3) is 1.92. The van der Waals surface area contributed by atoms with Crippen molar-refractivity contribution in [2.24, 2.45) is 33.7 Å². The summed E-state index contributed by atoms with van der Waals surface area (Å²) in [5, 5.41) is 24.8. The van der Waals surface area contributed by atoms with Gasteiger partial charge >= 0.3 is 0 Å². The first kappa shape index (κ1) is 19.1. The average Bonchev–Trinajstić information content (AvgIpc) is 3.20. The fraction of sp³-hybridized carbons (Fsp3) is 0.682. The fourth-order valence-electron chi connectivity index (χ4n) is 7.50. The molecule has 0 spiro atoms. The minimum atomic E-state index is -1.95. The first-order chi connectivity index (χ1) is 13.6. The summed E-state index contributed by atoms with van der Waals surface area (Å²) in [6, 6.07) is 0. The van der Waals surface area contributed by atoms with Crippen LogP contribution in [0.4, 0.5) is 4.39 Å². The molecule has 2 N–H and O–H groups in total. The molecule has 0 aromatic heterocycles. The van der Waals surface area contributed by atoms with Gasteiger partial charge in [0.25, 0.3) is 0 Å². The Morgan fingerprint density at radius 2 is 2.14 bits per heavy atom. The number of oxime groups is 1. The second kappa shape index (κ2) is 5.64. The van der Waals surface area contributed by atoms with Gasteiger partial charge in [-0.3, -0.25) is 9.59 Å². The molecule has 1 aliphatic heterocycles. The highest BCUT2D eigenvalue weighted by atomic mass is 19.1. The van der Waals surface area contributed by atoms with E-state index in [2.05, 4.69) is 5.16 Å². The number of halogens is 1. The third-order valence-electron chi connectivity index (χ3n) is 8.90. The van der Waals surface area contributed by atoms with Crippen LogP contribution in [0.2, 0.25) is 0 Å². The molecule has 0 amide bonds. The van der Waals surface area contributed by atoms with E-state index in [1.54, 1.807) is 19.2 Å². The molecular weight excluding hydrogens is 377 g/mol. The zero-order valence-electron chi connectivity index (χ0n) is 16.6. The van der Waals surface area contributed by atoms with Crippen molar-refractivity contribution in [3.63, 3.8) is 0 Å². The molecular formula is C22H26FNO5. The highest BCUT2D eigenvalue weighted by molar-refractivity contribution is 6.01. The van der Waals surface area contributed by atoms with Crippen molar-refractivity contribution in [3.8, 4) is 0 Å². The number of aliphatic hydroxyl groups is 2. The summed E-state index contributed by atoms with van der Waals surface area (Å²) in [7, 11) is 0. The van der Waals surface area contributed by atoms with Crippen molar-refractivity contribution in [3.05, 3.63) is 23.8 Å². The molecule has 1 heterocycles. The molecule has 0 aromatic carbocycles. The Morgan fingerprint density at radius 3 is 2.86 bits per heavy atom. The summed E-state index contributed by atoms with van der Waals surface area (Å²) in [5.74, 6) is -1.67. The molecule has 7 heteroatoms. The van der Waals surface area contributed by atoms with Crippen LogP contribution in [0.3, 0.4) is 0 Å². The van der Waals surface area contributed by atoms with Gasteiger partial charge in [-0.2, -0.15) is 0 Å². The number of ketones is 2. The van der Waals surface area contributed by atoms with Gasteiger partial charge < -0.3 is 15.1 Å². The fourth-order valence-corrected chi connectivity index (χ4v) is 7.50. The third-order valence-corrected chi connectivity index (χ3v) is 8.90. The van der Waals surface area contributed by atoms with Crippen LogP contribution in [-0.4, -0.2) is 52.0 Å². The van der Waals surface area contributed by atoms with Crippen molar-refractivity contribution < 1.29 is 29.0 Å². The zero-order valence-corrected chi connectivity index (χ0v) is 16.6. The molecule has 8 atom stereocenters. The number of alkyl halides is 1. The minimum Gasteiger partial charge on any atom is -0.390 e. The van der Waals surface area contributed by atoms with E-state index in [1.165, 1.54) is 12.2 Å². The quantitative estimate of drug-likeness (QED) is 0.734. The lowest BCUT2D eigenvalue weighted by Gasteiger charge is -2.62. The van der Waals surface area contributed by atoms with Gasteiger partial charge in [0.2, 0.25) is 11.4 Å². The Morgan fingerprint density at radius 1 is 1.38 bits per heavy atom. The summed E-state index contributed by atoms with van der Waals surface area (Å²) in [6.07, 6.45) is 6.38.